The van der Waals surface area contributed by atoms with Crippen LogP contribution in [0.2, 0.25) is 0 Å². The van der Waals surface area contributed by atoms with Gasteiger partial charge in [-0.25, -0.2) is 8.78 Å². The molecule has 0 saturated heterocycles. The fourth-order valence-corrected chi connectivity index (χ4v) is 2.50. The fourth-order valence-electron chi connectivity index (χ4n) is 2.50. The number of nitrogens with one attached hydrogen (secondary N) is 1. The summed E-state index contributed by atoms with van der Waals surface area (Å²) in [7, 11) is 0. The minimum absolute atomic E-state index is 0.135. The molecule has 0 aromatic heterocycles. The third kappa shape index (κ3) is 3.74. The average Bonchev–Trinajstić information content (AvgIpc) is 2.44. The molecule has 4 heteroatoms. The van der Waals surface area contributed by atoms with Gasteiger partial charge < -0.3 is 10.4 Å². The van der Waals surface area contributed by atoms with E-state index in [0.717, 1.165) is 18.4 Å². The van der Waals surface area contributed by atoms with Gasteiger partial charge in [0.1, 0.15) is 6.61 Å². The van der Waals surface area contributed by atoms with Crippen molar-refractivity contribution in [3.63, 3.8) is 0 Å². The fraction of sp³-hybridized carbons (Fsp3) is 0.600. The Morgan fingerprint density at radius 1 is 1.26 bits per heavy atom. The van der Waals surface area contributed by atoms with Crippen molar-refractivity contribution in [3.8, 4) is 0 Å². The smallest absolute Gasteiger partial charge is 0.282 e. The predicted octanol–water partition coefficient (Wildman–Crippen LogP) is 2.84. The molecule has 1 aliphatic rings. The first-order chi connectivity index (χ1) is 9.02. The summed E-state index contributed by atoms with van der Waals surface area (Å²) in [4.78, 5) is 0. The maximum absolute atomic E-state index is 13.0. The lowest BCUT2D eigenvalue weighted by Crippen LogP contribution is -2.37. The summed E-state index contributed by atoms with van der Waals surface area (Å²) in [6, 6.07) is 6.12. The van der Waals surface area contributed by atoms with Crippen LogP contribution in [0.25, 0.3) is 0 Å². The summed E-state index contributed by atoms with van der Waals surface area (Å²) in [5, 5.41) is 11.3. The van der Waals surface area contributed by atoms with E-state index in [4.69, 9.17) is 5.11 Å². The lowest BCUT2D eigenvalue weighted by atomic mass is 9.89. The van der Waals surface area contributed by atoms with Gasteiger partial charge in [-0.15, -0.1) is 0 Å². The molecule has 0 aliphatic heterocycles. The van der Waals surface area contributed by atoms with Crippen LogP contribution in [0, 0.1) is 0 Å². The first-order valence-electron chi connectivity index (χ1n) is 6.85. The molecule has 1 aromatic carbocycles. The van der Waals surface area contributed by atoms with Gasteiger partial charge in [0, 0.05) is 6.04 Å². The Kier molecular flexibility index (Phi) is 4.53. The maximum atomic E-state index is 13.0. The van der Waals surface area contributed by atoms with Crippen molar-refractivity contribution < 1.29 is 13.9 Å². The number of aryl methyl sites for hydroxylation is 2. The van der Waals surface area contributed by atoms with E-state index in [1.54, 1.807) is 0 Å². The number of benzene rings is 1. The highest BCUT2D eigenvalue weighted by molar-refractivity contribution is 5.35. The van der Waals surface area contributed by atoms with Gasteiger partial charge in [0.15, 0.2) is 0 Å². The molecule has 19 heavy (non-hydrogen) atoms. The standard InChI is InChI=1S/C15H21F2NO/c1-11(18-9-15(16,17)10-19)13-7-6-12-4-2-3-5-14(12)8-13/h6-8,11,18-19H,2-5,9-10H2,1H3. The molecule has 2 nitrogen and oxygen atoms in total. The zero-order chi connectivity index (χ0) is 13.9. The molecule has 2 N–H and O–H groups in total. The zero-order valence-electron chi connectivity index (χ0n) is 11.3. The summed E-state index contributed by atoms with van der Waals surface area (Å²) < 4.78 is 26.0. The molecule has 0 amide bonds. The van der Waals surface area contributed by atoms with Crippen LogP contribution in [0.15, 0.2) is 18.2 Å². The lowest BCUT2D eigenvalue weighted by Gasteiger charge is -2.22. The molecule has 0 spiro atoms. The Morgan fingerprint density at radius 2 is 1.95 bits per heavy atom. The number of halogens is 2. The van der Waals surface area contributed by atoms with Gasteiger partial charge in [0.25, 0.3) is 5.92 Å². The molecular formula is C15H21F2NO. The largest absolute Gasteiger partial charge is 0.390 e. The SMILES string of the molecule is CC(NCC(F)(F)CO)c1ccc2c(c1)CCCC2. The van der Waals surface area contributed by atoms with Crippen molar-refractivity contribution in [2.24, 2.45) is 0 Å². The van der Waals surface area contributed by atoms with E-state index >= 15 is 0 Å². The number of fused-ring (bicyclic) bond motifs is 1. The van der Waals surface area contributed by atoms with Gasteiger partial charge in [-0.05, 0) is 49.3 Å². The highest BCUT2D eigenvalue weighted by Crippen LogP contribution is 2.25. The van der Waals surface area contributed by atoms with Crippen molar-refractivity contribution in [3.05, 3.63) is 34.9 Å². The van der Waals surface area contributed by atoms with Crippen LogP contribution in [0.3, 0.4) is 0 Å². The van der Waals surface area contributed by atoms with E-state index in [9.17, 15) is 8.78 Å². The predicted molar refractivity (Wildman–Crippen MR) is 71.5 cm³/mol. The summed E-state index contributed by atoms with van der Waals surface area (Å²) in [6.45, 7) is 0.261. The number of hydrogen-bond acceptors (Lipinski definition) is 2. The summed E-state index contributed by atoms with van der Waals surface area (Å²) in [5.41, 5.74) is 3.78. The second-order valence-electron chi connectivity index (χ2n) is 5.35. The van der Waals surface area contributed by atoms with Crippen molar-refractivity contribution in [1.29, 1.82) is 0 Å². The van der Waals surface area contributed by atoms with Crippen LogP contribution in [0.5, 0.6) is 0 Å². The Hall–Kier alpha value is -1.00. The third-order valence-corrected chi connectivity index (χ3v) is 3.77. The molecule has 0 heterocycles. The summed E-state index contributed by atoms with van der Waals surface area (Å²) >= 11 is 0. The molecular weight excluding hydrogens is 248 g/mol. The third-order valence-electron chi connectivity index (χ3n) is 3.77. The quantitative estimate of drug-likeness (QED) is 0.861. The second kappa shape index (κ2) is 5.97. The summed E-state index contributed by atoms with van der Waals surface area (Å²) in [6.07, 6.45) is 4.66. The average molecular weight is 269 g/mol. The Bertz CT molecular complexity index is 434. The zero-order valence-corrected chi connectivity index (χ0v) is 11.3. The summed E-state index contributed by atoms with van der Waals surface area (Å²) in [5.74, 6) is -3.05. The highest BCUT2D eigenvalue weighted by atomic mass is 19.3. The van der Waals surface area contributed by atoms with Crippen LogP contribution in [-0.4, -0.2) is 24.2 Å². The molecule has 1 atom stereocenters. The molecule has 0 radical (unpaired) electrons. The Balaban J connectivity index is 2.01. The van der Waals surface area contributed by atoms with Crippen LogP contribution in [-0.2, 0) is 12.8 Å². The Labute approximate surface area is 112 Å². The Morgan fingerprint density at radius 3 is 2.63 bits per heavy atom. The minimum atomic E-state index is -3.05. The van der Waals surface area contributed by atoms with E-state index in [-0.39, 0.29) is 6.04 Å². The van der Waals surface area contributed by atoms with Gasteiger partial charge in [-0.2, -0.15) is 0 Å². The van der Waals surface area contributed by atoms with E-state index in [1.807, 2.05) is 13.0 Å². The number of aliphatic hydroxyl groups excluding tert-OH is 1. The number of aliphatic hydroxyl groups is 1. The molecule has 1 unspecified atom stereocenters. The van der Waals surface area contributed by atoms with Gasteiger partial charge in [-0.3, -0.25) is 0 Å². The van der Waals surface area contributed by atoms with E-state index in [1.165, 1.54) is 24.0 Å². The topological polar surface area (TPSA) is 32.3 Å². The second-order valence-corrected chi connectivity index (χ2v) is 5.35. The van der Waals surface area contributed by atoms with Crippen LogP contribution >= 0.6 is 0 Å². The van der Waals surface area contributed by atoms with Crippen LogP contribution < -0.4 is 5.32 Å². The maximum Gasteiger partial charge on any atom is 0.282 e. The highest BCUT2D eigenvalue weighted by Gasteiger charge is 2.28. The van der Waals surface area contributed by atoms with Crippen molar-refractivity contribution in [1.82, 2.24) is 5.32 Å². The van der Waals surface area contributed by atoms with E-state index in [0.29, 0.717) is 0 Å². The van der Waals surface area contributed by atoms with Gasteiger partial charge in [0.2, 0.25) is 0 Å². The van der Waals surface area contributed by atoms with Crippen molar-refractivity contribution in [2.45, 2.75) is 44.6 Å². The van der Waals surface area contributed by atoms with E-state index < -0.39 is 19.1 Å². The minimum Gasteiger partial charge on any atom is -0.390 e. The number of hydrogen-bond donors (Lipinski definition) is 2. The normalized spacial score (nSPS) is 17.1. The molecule has 1 aromatic rings. The monoisotopic (exact) mass is 269 g/mol. The van der Waals surface area contributed by atoms with E-state index in [2.05, 4.69) is 17.4 Å². The van der Waals surface area contributed by atoms with Gasteiger partial charge in [-0.1, -0.05) is 18.2 Å². The first kappa shape index (κ1) is 14.4. The lowest BCUT2D eigenvalue weighted by molar-refractivity contribution is -0.0490. The van der Waals surface area contributed by atoms with Crippen molar-refractivity contribution in [2.75, 3.05) is 13.2 Å². The number of alkyl halides is 2. The molecule has 106 valence electrons. The molecule has 1 aliphatic carbocycles. The molecule has 0 bridgehead atoms. The molecule has 0 saturated carbocycles. The van der Waals surface area contributed by atoms with Crippen LogP contribution in [0.1, 0.15) is 42.5 Å². The van der Waals surface area contributed by atoms with Crippen LogP contribution in [0.4, 0.5) is 8.78 Å². The van der Waals surface area contributed by atoms with Gasteiger partial charge >= 0.3 is 0 Å². The first-order valence-corrected chi connectivity index (χ1v) is 6.85. The molecule has 0 fully saturated rings. The van der Waals surface area contributed by atoms with Crippen molar-refractivity contribution >= 4 is 0 Å². The molecule has 2 rings (SSSR count). The number of rotatable bonds is 5. The van der Waals surface area contributed by atoms with Gasteiger partial charge in [0.05, 0.1) is 6.54 Å².